The summed E-state index contributed by atoms with van der Waals surface area (Å²) in [6.07, 6.45) is 3.44. The lowest BCUT2D eigenvalue weighted by atomic mass is 9.94. The molecule has 0 bridgehead atoms. The molecule has 6 rings (SSSR count). The van der Waals surface area contributed by atoms with E-state index in [0.717, 1.165) is 83.9 Å². The van der Waals surface area contributed by atoms with Crippen LogP contribution in [0.3, 0.4) is 0 Å². The molecule has 0 radical (unpaired) electrons. The molecule has 206 valence electrons. The van der Waals surface area contributed by atoms with Crippen molar-refractivity contribution in [3.63, 3.8) is 0 Å². The molecule has 2 aromatic carbocycles. The maximum Gasteiger partial charge on any atom is 0.234 e. The van der Waals surface area contributed by atoms with Crippen LogP contribution < -0.4 is 19.9 Å². The van der Waals surface area contributed by atoms with Gasteiger partial charge in [-0.3, -0.25) is 0 Å². The van der Waals surface area contributed by atoms with Gasteiger partial charge in [0, 0.05) is 67.0 Å². The Bertz CT molecular complexity index is 1490. The summed E-state index contributed by atoms with van der Waals surface area (Å²) in [6.45, 7) is 5.21. The van der Waals surface area contributed by atoms with Gasteiger partial charge in [-0.15, -0.1) is 0 Å². The van der Waals surface area contributed by atoms with Gasteiger partial charge in [-0.2, -0.15) is 15.5 Å². The molecule has 1 aromatic heterocycles. The zero-order valence-corrected chi connectivity index (χ0v) is 23.6. The van der Waals surface area contributed by atoms with E-state index in [-0.39, 0.29) is 6.04 Å². The van der Waals surface area contributed by atoms with Crippen molar-refractivity contribution in [2.24, 2.45) is 0 Å². The highest BCUT2D eigenvalue weighted by molar-refractivity contribution is 6.36. The monoisotopic (exact) mass is 555 g/mol. The van der Waals surface area contributed by atoms with Crippen LogP contribution in [0.25, 0.3) is 10.8 Å². The first-order chi connectivity index (χ1) is 19.6. The molecule has 3 aliphatic rings. The lowest BCUT2D eigenvalue weighted by Crippen LogP contribution is -2.51. The number of fused-ring (bicyclic) bond motifs is 2. The Balaban J connectivity index is 1.41. The predicted octanol–water partition coefficient (Wildman–Crippen LogP) is 4.49. The molecule has 1 unspecified atom stereocenters. The molecular formula is C31H34ClN7O. The normalized spacial score (nSPS) is 21.2. The van der Waals surface area contributed by atoms with Crippen LogP contribution >= 0.6 is 11.6 Å². The van der Waals surface area contributed by atoms with Gasteiger partial charge in [0.25, 0.3) is 0 Å². The van der Waals surface area contributed by atoms with Crippen LogP contribution in [0.15, 0.2) is 36.4 Å². The van der Waals surface area contributed by atoms with Gasteiger partial charge in [0.15, 0.2) is 0 Å². The lowest BCUT2D eigenvalue weighted by Gasteiger charge is -2.38. The Labute approximate surface area is 240 Å². The van der Waals surface area contributed by atoms with Crippen molar-refractivity contribution in [2.75, 3.05) is 56.2 Å². The van der Waals surface area contributed by atoms with E-state index in [2.05, 4.69) is 63.5 Å². The summed E-state index contributed by atoms with van der Waals surface area (Å²) in [5.74, 6) is 1.31. The topological polar surface area (TPSA) is 91.5 Å². The molecule has 9 heteroatoms. The van der Waals surface area contributed by atoms with E-state index in [1.165, 1.54) is 0 Å². The molecule has 40 heavy (non-hydrogen) atoms. The highest BCUT2D eigenvalue weighted by Gasteiger charge is 2.32. The number of likely N-dealkylation sites (N-methyl/N-ethyl adjacent to an activating group) is 1. The number of likely N-dealkylation sites (tertiary alicyclic amines) is 1. The zero-order valence-electron chi connectivity index (χ0n) is 22.9. The Morgan fingerprint density at radius 2 is 1.95 bits per heavy atom. The van der Waals surface area contributed by atoms with Crippen molar-refractivity contribution >= 4 is 33.9 Å². The first kappa shape index (κ1) is 26.7. The van der Waals surface area contributed by atoms with Crippen LogP contribution in [0.5, 0.6) is 5.88 Å². The highest BCUT2D eigenvalue weighted by atomic mass is 35.5. The van der Waals surface area contributed by atoms with Gasteiger partial charge in [-0.05, 0) is 50.4 Å². The number of pyridine rings is 1. The predicted molar refractivity (Wildman–Crippen MR) is 158 cm³/mol. The first-order valence-electron chi connectivity index (χ1n) is 14.1. The number of nitrogens with one attached hydrogen (secondary N) is 1. The van der Waals surface area contributed by atoms with Crippen LogP contribution in [0, 0.1) is 22.7 Å². The first-order valence-corrected chi connectivity index (χ1v) is 14.5. The van der Waals surface area contributed by atoms with E-state index < -0.39 is 0 Å². The summed E-state index contributed by atoms with van der Waals surface area (Å²) in [5.41, 5.74) is 3.69. The van der Waals surface area contributed by atoms with Crippen molar-refractivity contribution in [1.82, 2.24) is 15.2 Å². The number of hydrogen-bond acceptors (Lipinski definition) is 8. The number of nitriles is 2. The fourth-order valence-corrected chi connectivity index (χ4v) is 6.72. The standard InChI is InChI=1S/C31H34ClN7O/c1-37-14-4-7-23(37)20-40-31-25(17-34)26-19-38(28-9-3-6-21-5-2-8-27(32)29(21)28)15-11-24(26)30(36-31)39-16-13-35-22(18-39)10-12-33/h2-3,5-6,8-9,22-23,35H,4,7,10-11,13-16,18-20H2,1H3/t22?,23-/m0/s1. The molecule has 0 spiro atoms. The van der Waals surface area contributed by atoms with Crippen LogP contribution in [-0.2, 0) is 13.0 Å². The largest absolute Gasteiger partial charge is 0.475 e. The van der Waals surface area contributed by atoms with E-state index in [4.69, 9.17) is 21.3 Å². The Kier molecular flexibility index (Phi) is 7.67. The molecule has 2 fully saturated rings. The molecule has 0 saturated carbocycles. The molecule has 0 amide bonds. The van der Waals surface area contributed by atoms with Crippen molar-refractivity contribution < 1.29 is 4.74 Å². The lowest BCUT2D eigenvalue weighted by molar-refractivity contribution is 0.192. The molecule has 0 aliphatic carbocycles. The highest BCUT2D eigenvalue weighted by Crippen LogP contribution is 2.40. The number of benzene rings is 2. The molecule has 8 nitrogen and oxygen atoms in total. The summed E-state index contributed by atoms with van der Waals surface area (Å²) in [7, 11) is 2.13. The van der Waals surface area contributed by atoms with Crippen LogP contribution in [-0.4, -0.2) is 68.3 Å². The number of ether oxygens (including phenoxy) is 1. The fraction of sp³-hybridized carbons (Fsp3) is 0.452. The van der Waals surface area contributed by atoms with E-state index >= 15 is 0 Å². The second-order valence-corrected chi connectivity index (χ2v) is 11.4. The van der Waals surface area contributed by atoms with E-state index in [9.17, 15) is 10.5 Å². The van der Waals surface area contributed by atoms with Crippen molar-refractivity contribution in [2.45, 2.75) is 44.3 Å². The summed E-state index contributed by atoms with van der Waals surface area (Å²) in [5, 5.41) is 26.0. The van der Waals surface area contributed by atoms with Gasteiger partial charge in [0.05, 0.1) is 17.5 Å². The van der Waals surface area contributed by atoms with Crippen molar-refractivity contribution in [1.29, 1.82) is 10.5 Å². The molecule has 3 aromatic rings. The quantitative estimate of drug-likeness (QED) is 0.476. The van der Waals surface area contributed by atoms with Gasteiger partial charge < -0.3 is 24.8 Å². The average molecular weight is 556 g/mol. The van der Waals surface area contributed by atoms with Crippen molar-refractivity contribution in [3.8, 4) is 18.0 Å². The molecule has 1 N–H and O–H groups in total. The summed E-state index contributed by atoms with van der Waals surface area (Å²) in [6, 6.07) is 17.4. The Morgan fingerprint density at radius 3 is 2.73 bits per heavy atom. The van der Waals surface area contributed by atoms with Crippen LogP contribution in [0.1, 0.15) is 36.0 Å². The van der Waals surface area contributed by atoms with E-state index in [1.807, 2.05) is 12.1 Å². The number of aromatic nitrogens is 1. The maximum atomic E-state index is 10.4. The number of nitrogens with zero attached hydrogens (tertiary/aromatic N) is 6. The smallest absolute Gasteiger partial charge is 0.234 e. The number of hydrogen-bond donors (Lipinski definition) is 1. The Morgan fingerprint density at radius 1 is 1.10 bits per heavy atom. The molecular weight excluding hydrogens is 522 g/mol. The number of rotatable bonds is 6. The van der Waals surface area contributed by atoms with Crippen molar-refractivity contribution in [3.05, 3.63) is 58.1 Å². The second kappa shape index (κ2) is 11.5. The van der Waals surface area contributed by atoms with E-state index in [1.54, 1.807) is 0 Å². The van der Waals surface area contributed by atoms with Gasteiger partial charge in [0.2, 0.25) is 5.88 Å². The minimum atomic E-state index is 0.0845. The molecule has 2 saturated heterocycles. The summed E-state index contributed by atoms with van der Waals surface area (Å²) in [4.78, 5) is 12.0. The molecule has 3 aliphatic heterocycles. The average Bonchev–Trinajstić information content (AvgIpc) is 3.39. The Hall–Kier alpha value is -3.56. The van der Waals surface area contributed by atoms with Gasteiger partial charge >= 0.3 is 0 Å². The van der Waals surface area contributed by atoms with Gasteiger partial charge in [0.1, 0.15) is 24.1 Å². The minimum absolute atomic E-state index is 0.0845. The third-order valence-corrected chi connectivity index (χ3v) is 8.91. The van der Waals surface area contributed by atoms with Gasteiger partial charge in [-0.25, -0.2) is 0 Å². The number of halogens is 1. The van der Waals surface area contributed by atoms with Crippen LogP contribution in [0.2, 0.25) is 5.02 Å². The molecule has 4 heterocycles. The number of piperazine rings is 1. The fourth-order valence-electron chi connectivity index (χ4n) is 6.44. The van der Waals surface area contributed by atoms with Crippen LogP contribution in [0.4, 0.5) is 11.5 Å². The summed E-state index contributed by atoms with van der Waals surface area (Å²) >= 11 is 6.70. The second-order valence-electron chi connectivity index (χ2n) is 11.0. The van der Waals surface area contributed by atoms with Gasteiger partial charge in [-0.1, -0.05) is 35.9 Å². The maximum absolute atomic E-state index is 10.4. The summed E-state index contributed by atoms with van der Waals surface area (Å²) < 4.78 is 6.38. The molecule has 2 atom stereocenters. The zero-order chi connectivity index (χ0) is 27.6. The van der Waals surface area contributed by atoms with E-state index in [0.29, 0.717) is 43.6 Å². The third-order valence-electron chi connectivity index (χ3n) is 8.60. The SMILES string of the molecule is CN1CCC[C@H]1COc1nc(N2CCNC(CC#N)C2)c2c(c1C#N)CN(c1cccc3cccc(Cl)c13)CC2. The number of anilines is 2. The minimum Gasteiger partial charge on any atom is -0.475 e. The third kappa shape index (κ3) is 5.04.